The van der Waals surface area contributed by atoms with Crippen molar-refractivity contribution in [2.75, 3.05) is 33.9 Å². The van der Waals surface area contributed by atoms with E-state index in [0.29, 0.717) is 19.2 Å². The van der Waals surface area contributed by atoms with Gasteiger partial charge in [0.25, 0.3) is 5.91 Å². The molecule has 1 unspecified atom stereocenters. The molecule has 1 aliphatic rings. The van der Waals surface area contributed by atoms with Gasteiger partial charge in [-0.1, -0.05) is 0 Å². The summed E-state index contributed by atoms with van der Waals surface area (Å²) in [5.41, 5.74) is 0.752. The van der Waals surface area contributed by atoms with Gasteiger partial charge in [0.1, 0.15) is 5.69 Å². The maximum absolute atomic E-state index is 12.6. The molecule has 20 heavy (non-hydrogen) atoms. The third kappa shape index (κ3) is 3.61. The summed E-state index contributed by atoms with van der Waals surface area (Å²) in [6.45, 7) is 3.38. The topological polar surface area (TPSA) is 46.5 Å². The van der Waals surface area contributed by atoms with E-state index < -0.39 is 0 Å². The highest BCUT2D eigenvalue weighted by Crippen LogP contribution is 2.15. The Morgan fingerprint density at radius 2 is 2.35 bits per heavy atom. The Morgan fingerprint density at radius 1 is 1.50 bits per heavy atom. The molecule has 1 aromatic rings. The minimum absolute atomic E-state index is 0.109. The van der Waals surface area contributed by atoms with E-state index in [4.69, 9.17) is 4.74 Å². The smallest absolute Gasteiger partial charge is 0.270 e. The number of nitrogens with one attached hydrogen (secondary N) is 1. The van der Waals surface area contributed by atoms with Crippen LogP contribution in [0, 0.1) is 0 Å². The van der Waals surface area contributed by atoms with E-state index in [1.165, 1.54) is 0 Å². The van der Waals surface area contributed by atoms with Crippen molar-refractivity contribution in [1.82, 2.24) is 14.8 Å². The molecule has 2 rings (SSSR count). The lowest BCUT2D eigenvalue weighted by atomic mass is 10.1. The summed E-state index contributed by atoms with van der Waals surface area (Å²) in [4.78, 5) is 14.6. The molecule has 5 heteroatoms. The van der Waals surface area contributed by atoms with Crippen molar-refractivity contribution in [3.63, 3.8) is 0 Å². The van der Waals surface area contributed by atoms with Gasteiger partial charge < -0.3 is 19.5 Å². The quantitative estimate of drug-likeness (QED) is 0.885. The van der Waals surface area contributed by atoms with E-state index in [2.05, 4.69) is 5.32 Å². The summed E-state index contributed by atoms with van der Waals surface area (Å²) >= 11 is 0. The summed E-state index contributed by atoms with van der Waals surface area (Å²) in [6.07, 6.45) is 5.18. The lowest BCUT2D eigenvalue weighted by molar-refractivity contribution is 0.0707. The van der Waals surface area contributed by atoms with E-state index >= 15 is 0 Å². The van der Waals surface area contributed by atoms with Gasteiger partial charge in [-0.15, -0.1) is 0 Å². The van der Waals surface area contributed by atoms with Crippen LogP contribution in [0.2, 0.25) is 0 Å². The standard InChI is InChI=1S/C15H25N3O2/c1-17(13-5-3-8-16-9-7-13)15(19)14-6-4-10-18(14)11-12-20-2/h4,6,10,13,16H,3,5,7-9,11-12H2,1-2H3. The van der Waals surface area contributed by atoms with Crippen LogP contribution in [0.5, 0.6) is 0 Å². The van der Waals surface area contributed by atoms with Crippen molar-refractivity contribution in [2.24, 2.45) is 0 Å². The van der Waals surface area contributed by atoms with Gasteiger partial charge in [-0.3, -0.25) is 4.79 Å². The van der Waals surface area contributed by atoms with Crippen molar-refractivity contribution >= 4 is 5.91 Å². The number of methoxy groups -OCH3 is 1. The Labute approximate surface area is 120 Å². The molecule has 0 saturated carbocycles. The van der Waals surface area contributed by atoms with Crippen molar-refractivity contribution < 1.29 is 9.53 Å². The molecule has 1 aliphatic heterocycles. The van der Waals surface area contributed by atoms with Crippen LogP contribution in [0.25, 0.3) is 0 Å². The number of carbonyl (C=O) groups excluding carboxylic acids is 1. The Hall–Kier alpha value is -1.33. The normalized spacial score (nSPS) is 19.6. The fraction of sp³-hybridized carbons (Fsp3) is 0.667. The summed E-state index contributed by atoms with van der Waals surface area (Å²) in [5, 5.41) is 3.39. The summed E-state index contributed by atoms with van der Waals surface area (Å²) in [5.74, 6) is 0.109. The Kier molecular flexibility index (Phi) is 5.61. The molecule has 1 amide bonds. The molecule has 2 heterocycles. The van der Waals surface area contributed by atoms with Crippen LogP contribution in [0.1, 0.15) is 29.8 Å². The molecule has 112 valence electrons. The first-order valence-corrected chi connectivity index (χ1v) is 7.36. The SMILES string of the molecule is COCCn1cccc1C(=O)N(C)C1CCCNCC1. The lowest BCUT2D eigenvalue weighted by Crippen LogP contribution is -2.38. The van der Waals surface area contributed by atoms with E-state index in [9.17, 15) is 4.79 Å². The molecule has 0 aliphatic carbocycles. The second-order valence-corrected chi connectivity index (χ2v) is 5.33. The monoisotopic (exact) mass is 279 g/mol. The molecule has 0 aromatic carbocycles. The fourth-order valence-corrected chi connectivity index (χ4v) is 2.73. The number of carbonyl (C=O) groups is 1. The van der Waals surface area contributed by atoms with Gasteiger partial charge in [-0.05, 0) is 44.5 Å². The van der Waals surface area contributed by atoms with Gasteiger partial charge in [0.15, 0.2) is 0 Å². The second kappa shape index (κ2) is 7.45. The first-order valence-electron chi connectivity index (χ1n) is 7.36. The number of aromatic nitrogens is 1. The van der Waals surface area contributed by atoms with Crippen LogP contribution in [0.4, 0.5) is 0 Å². The highest BCUT2D eigenvalue weighted by Gasteiger charge is 2.23. The number of amides is 1. The zero-order chi connectivity index (χ0) is 14.4. The van der Waals surface area contributed by atoms with E-state index in [1.807, 2.05) is 34.8 Å². The van der Waals surface area contributed by atoms with Crippen molar-refractivity contribution in [3.8, 4) is 0 Å². The van der Waals surface area contributed by atoms with Crippen LogP contribution in [0.15, 0.2) is 18.3 Å². The number of rotatable bonds is 5. The highest BCUT2D eigenvalue weighted by atomic mass is 16.5. The highest BCUT2D eigenvalue weighted by molar-refractivity contribution is 5.92. The average Bonchev–Trinajstić information content (AvgIpc) is 2.76. The number of ether oxygens (including phenoxy) is 1. The van der Waals surface area contributed by atoms with Gasteiger partial charge in [-0.2, -0.15) is 0 Å². The van der Waals surface area contributed by atoms with Crippen LogP contribution in [-0.2, 0) is 11.3 Å². The minimum Gasteiger partial charge on any atom is -0.383 e. The van der Waals surface area contributed by atoms with Gasteiger partial charge in [0, 0.05) is 32.9 Å². The van der Waals surface area contributed by atoms with E-state index in [-0.39, 0.29) is 5.91 Å². The largest absolute Gasteiger partial charge is 0.383 e. The Bertz CT molecular complexity index is 423. The predicted octanol–water partition coefficient (Wildman–Crippen LogP) is 1.35. The fourth-order valence-electron chi connectivity index (χ4n) is 2.73. The molecule has 1 saturated heterocycles. The number of hydrogen-bond donors (Lipinski definition) is 1. The first kappa shape index (κ1) is 15.1. The number of hydrogen-bond acceptors (Lipinski definition) is 3. The molecule has 0 spiro atoms. The van der Waals surface area contributed by atoms with E-state index in [1.54, 1.807) is 7.11 Å². The van der Waals surface area contributed by atoms with E-state index in [0.717, 1.165) is 38.0 Å². The number of nitrogens with zero attached hydrogens (tertiary/aromatic N) is 2. The predicted molar refractivity (Wildman–Crippen MR) is 78.9 cm³/mol. The third-order valence-electron chi connectivity index (χ3n) is 4.00. The maximum atomic E-state index is 12.6. The summed E-state index contributed by atoms with van der Waals surface area (Å²) in [7, 11) is 3.60. The summed E-state index contributed by atoms with van der Waals surface area (Å²) < 4.78 is 7.06. The van der Waals surface area contributed by atoms with Crippen LogP contribution >= 0.6 is 0 Å². The molecule has 1 atom stereocenters. The van der Waals surface area contributed by atoms with Crippen molar-refractivity contribution in [1.29, 1.82) is 0 Å². The molecular weight excluding hydrogens is 254 g/mol. The van der Waals surface area contributed by atoms with Gasteiger partial charge in [-0.25, -0.2) is 0 Å². The first-order chi connectivity index (χ1) is 9.74. The van der Waals surface area contributed by atoms with Gasteiger partial charge in [0.05, 0.1) is 6.61 Å². The molecule has 0 bridgehead atoms. The van der Waals surface area contributed by atoms with Gasteiger partial charge >= 0.3 is 0 Å². The van der Waals surface area contributed by atoms with Crippen LogP contribution < -0.4 is 5.32 Å². The molecule has 0 radical (unpaired) electrons. The van der Waals surface area contributed by atoms with Crippen LogP contribution in [-0.4, -0.2) is 55.3 Å². The average molecular weight is 279 g/mol. The zero-order valence-electron chi connectivity index (χ0n) is 12.5. The second-order valence-electron chi connectivity index (χ2n) is 5.33. The lowest BCUT2D eigenvalue weighted by Gasteiger charge is -2.27. The molecule has 1 N–H and O–H groups in total. The van der Waals surface area contributed by atoms with Crippen molar-refractivity contribution in [3.05, 3.63) is 24.0 Å². The Balaban J connectivity index is 2.03. The molecule has 5 nitrogen and oxygen atoms in total. The summed E-state index contributed by atoms with van der Waals surface area (Å²) in [6, 6.07) is 4.15. The Morgan fingerprint density at radius 3 is 3.15 bits per heavy atom. The third-order valence-corrected chi connectivity index (χ3v) is 4.00. The van der Waals surface area contributed by atoms with Crippen LogP contribution in [0.3, 0.4) is 0 Å². The molecule has 1 aromatic heterocycles. The minimum atomic E-state index is 0.109. The van der Waals surface area contributed by atoms with Crippen molar-refractivity contribution in [2.45, 2.75) is 31.8 Å². The van der Waals surface area contributed by atoms with Gasteiger partial charge in [0.2, 0.25) is 0 Å². The molecular formula is C15H25N3O2. The zero-order valence-corrected chi connectivity index (χ0v) is 12.5. The molecule has 1 fully saturated rings. The maximum Gasteiger partial charge on any atom is 0.270 e.